The Morgan fingerprint density at radius 1 is 0.969 bits per heavy atom. The highest BCUT2D eigenvalue weighted by Crippen LogP contribution is 2.32. The third-order valence-corrected chi connectivity index (χ3v) is 7.32. The third-order valence-electron chi connectivity index (χ3n) is 6.27. The highest BCUT2D eigenvalue weighted by Gasteiger charge is 2.23. The minimum atomic E-state index is 0.254. The summed E-state index contributed by atoms with van der Waals surface area (Å²) < 4.78 is 5.33. The van der Waals surface area contributed by atoms with Gasteiger partial charge in [-0.15, -0.1) is 11.8 Å². The van der Waals surface area contributed by atoms with Crippen molar-refractivity contribution in [1.29, 1.82) is 0 Å². The van der Waals surface area contributed by atoms with E-state index in [4.69, 9.17) is 4.74 Å². The van der Waals surface area contributed by atoms with Gasteiger partial charge in [0.15, 0.2) is 0 Å². The monoisotopic (exact) mass is 445 g/mol. The van der Waals surface area contributed by atoms with Crippen LogP contribution in [0.15, 0.2) is 83.8 Å². The minimum Gasteiger partial charge on any atom is -0.497 e. The molecule has 166 valence electrons. The zero-order valence-corrected chi connectivity index (χ0v) is 19.5. The van der Waals surface area contributed by atoms with Crippen molar-refractivity contribution in [2.45, 2.75) is 30.6 Å². The van der Waals surface area contributed by atoms with E-state index in [0.29, 0.717) is 11.7 Å². The van der Waals surface area contributed by atoms with Gasteiger partial charge in [0, 0.05) is 18.0 Å². The number of aryl methyl sites for hydroxylation is 1. The number of nitrogens with zero attached hydrogens (tertiary/aromatic N) is 1. The van der Waals surface area contributed by atoms with Crippen molar-refractivity contribution in [3.05, 3.63) is 84.4 Å². The van der Waals surface area contributed by atoms with Gasteiger partial charge in [-0.05, 0) is 66.5 Å². The number of hydrogen-bond acceptors (Lipinski definition) is 3. The number of methoxy groups -OCH3 is 1. The Balaban J connectivity index is 1.25. The molecule has 0 radical (unpaired) electrons. The first kappa shape index (κ1) is 22.5. The first-order chi connectivity index (χ1) is 15.7. The van der Waals surface area contributed by atoms with E-state index in [-0.39, 0.29) is 5.91 Å². The van der Waals surface area contributed by atoms with Gasteiger partial charge in [-0.3, -0.25) is 4.79 Å². The van der Waals surface area contributed by atoms with E-state index in [1.165, 1.54) is 28.0 Å². The van der Waals surface area contributed by atoms with Gasteiger partial charge < -0.3 is 9.64 Å². The number of likely N-dealkylation sites (tertiary alicyclic amines) is 1. The number of thioether (sulfide) groups is 1. The van der Waals surface area contributed by atoms with Crippen molar-refractivity contribution in [2.24, 2.45) is 5.92 Å². The molecule has 3 nitrogen and oxygen atoms in total. The average molecular weight is 446 g/mol. The molecule has 1 fully saturated rings. The fourth-order valence-corrected chi connectivity index (χ4v) is 5.33. The Labute approximate surface area is 195 Å². The lowest BCUT2D eigenvalue weighted by molar-refractivity contribution is -0.129. The largest absolute Gasteiger partial charge is 0.497 e. The van der Waals surface area contributed by atoms with Crippen LogP contribution >= 0.6 is 11.8 Å². The first-order valence-corrected chi connectivity index (χ1v) is 12.4. The van der Waals surface area contributed by atoms with Crippen LogP contribution in [0.1, 0.15) is 24.8 Å². The molecule has 1 heterocycles. The lowest BCUT2D eigenvalue weighted by Gasteiger charge is -2.32. The fourth-order valence-electron chi connectivity index (χ4n) is 4.35. The van der Waals surface area contributed by atoms with Gasteiger partial charge in [-0.2, -0.15) is 0 Å². The molecule has 0 spiro atoms. The van der Waals surface area contributed by atoms with Crippen LogP contribution in [0.5, 0.6) is 5.75 Å². The molecule has 1 aliphatic rings. The quantitative estimate of drug-likeness (QED) is 0.380. The molecular formula is C28H31NO2S. The Hall–Kier alpha value is -2.72. The summed E-state index contributed by atoms with van der Waals surface area (Å²) in [6, 6.07) is 27.1. The minimum absolute atomic E-state index is 0.254. The predicted molar refractivity (Wildman–Crippen MR) is 133 cm³/mol. The van der Waals surface area contributed by atoms with Gasteiger partial charge in [0.1, 0.15) is 5.75 Å². The first-order valence-electron chi connectivity index (χ1n) is 11.4. The van der Waals surface area contributed by atoms with Crippen molar-refractivity contribution >= 4 is 17.7 Å². The molecule has 0 atom stereocenters. The Morgan fingerprint density at radius 3 is 2.50 bits per heavy atom. The van der Waals surface area contributed by atoms with E-state index in [9.17, 15) is 4.79 Å². The summed E-state index contributed by atoms with van der Waals surface area (Å²) in [5.74, 6) is 2.37. The molecular weight excluding hydrogens is 414 g/mol. The van der Waals surface area contributed by atoms with Crippen molar-refractivity contribution in [3.8, 4) is 16.9 Å². The number of rotatable bonds is 8. The smallest absolute Gasteiger partial charge is 0.232 e. The summed E-state index contributed by atoms with van der Waals surface area (Å²) in [4.78, 5) is 16.1. The van der Waals surface area contributed by atoms with Crippen molar-refractivity contribution in [1.82, 2.24) is 4.90 Å². The molecule has 1 saturated heterocycles. The SMILES string of the molecule is COc1cccc(CCC2CCN(C(=O)CSc3ccccc3-c3ccccc3)CC2)c1. The van der Waals surface area contributed by atoms with Crippen LogP contribution in [-0.4, -0.2) is 36.8 Å². The van der Waals surface area contributed by atoms with E-state index in [2.05, 4.69) is 65.6 Å². The van der Waals surface area contributed by atoms with Crippen LogP contribution in [0.4, 0.5) is 0 Å². The van der Waals surface area contributed by atoms with Gasteiger partial charge in [-0.25, -0.2) is 0 Å². The van der Waals surface area contributed by atoms with Crippen LogP contribution in [-0.2, 0) is 11.2 Å². The molecule has 0 saturated carbocycles. The maximum atomic E-state index is 12.9. The summed E-state index contributed by atoms with van der Waals surface area (Å²) in [7, 11) is 1.71. The Kier molecular flexibility index (Phi) is 7.89. The standard InChI is InChI=1S/C28H31NO2S/c1-31-25-11-7-8-23(20-25)15-14-22-16-18-29(19-17-22)28(30)21-32-27-13-6-5-12-26(27)24-9-3-2-4-10-24/h2-13,20,22H,14-19,21H2,1H3. The summed E-state index contributed by atoms with van der Waals surface area (Å²) in [6.45, 7) is 1.75. The summed E-state index contributed by atoms with van der Waals surface area (Å²) in [6.07, 6.45) is 4.44. The molecule has 4 rings (SSSR count). The average Bonchev–Trinajstić information content (AvgIpc) is 2.87. The van der Waals surface area contributed by atoms with Crippen LogP contribution in [0, 0.1) is 5.92 Å². The van der Waals surface area contributed by atoms with Crippen LogP contribution in [0.3, 0.4) is 0 Å². The summed E-state index contributed by atoms with van der Waals surface area (Å²) in [5, 5.41) is 0. The number of hydrogen-bond donors (Lipinski definition) is 0. The predicted octanol–water partition coefficient (Wildman–Crippen LogP) is 6.33. The zero-order chi connectivity index (χ0) is 22.2. The van der Waals surface area contributed by atoms with Crippen LogP contribution in [0.25, 0.3) is 11.1 Å². The molecule has 0 bridgehead atoms. The fraction of sp³-hybridized carbons (Fsp3) is 0.321. The van der Waals surface area contributed by atoms with Gasteiger partial charge in [-0.1, -0.05) is 60.7 Å². The highest BCUT2D eigenvalue weighted by atomic mass is 32.2. The number of piperidine rings is 1. The molecule has 0 unspecified atom stereocenters. The van der Waals surface area contributed by atoms with Gasteiger partial charge in [0.2, 0.25) is 5.91 Å². The molecule has 3 aromatic rings. The second-order valence-corrected chi connectivity index (χ2v) is 9.38. The molecule has 32 heavy (non-hydrogen) atoms. The van der Waals surface area contributed by atoms with E-state index < -0.39 is 0 Å². The molecule has 1 aliphatic heterocycles. The topological polar surface area (TPSA) is 29.5 Å². The van der Waals surface area contributed by atoms with E-state index >= 15 is 0 Å². The lowest BCUT2D eigenvalue weighted by Crippen LogP contribution is -2.39. The van der Waals surface area contributed by atoms with Gasteiger partial charge in [0.05, 0.1) is 12.9 Å². The normalized spacial score (nSPS) is 14.3. The van der Waals surface area contributed by atoms with Crippen LogP contribution in [0.2, 0.25) is 0 Å². The second-order valence-electron chi connectivity index (χ2n) is 8.37. The Bertz CT molecular complexity index is 1010. The number of amides is 1. The summed E-state index contributed by atoms with van der Waals surface area (Å²) in [5.41, 5.74) is 3.72. The van der Waals surface area contributed by atoms with Gasteiger partial charge in [0.25, 0.3) is 0 Å². The highest BCUT2D eigenvalue weighted by molar-refractivity contribution is 8.00. The molecule has 1 amide bonds. The molecule has 0 N–H and O–H groups in total. The van der Waals surface area contributed by atoms with E-state index in [1.54, 1.807) is 18.9 Å². The number of ether oxygens (including phenoxy) is 1. The molecule has 0 aromatic heterocycles. The number of carbonyl (C=O) groups is 1. The lowest BCUT2D eigenvalue weighted by atomic mass is 9.90. The van der Waals surface area contributed by atoms with Gasteiger partial charge >= 0.3 is 0 Å². The van der Waals surface area contributed by atoms with Crippen LogP contribution < -0.4 is 4.74 Å². The van der Waals surface area contributed by atoms with Crippen molar-refractivity contribution in [3.63, 3.8) is 0 Å². The number of benzene rings is 3. The maximum absolute atomic E-state index is 12.9. The number of carbonyl (C=O) groups excluding carboxylic acids is 1. The van der Waals surface area contributed by atoms with E-state index in [1.807, 2.05) is 18.2 Å². The van der Waals surface area contributed by atoms with Crippen molar-refractivity contribution in [2.75, 3.05) is 26.0 Å². The van der Waals surface area contributed by atoms with E-state index in [0.717, 1.165) is 38.1 Å². The molecule has 0 aliphatic carbocycles. The van der Waals surface area contributed by atoms with Crippen molar-refractivity contribution < 1.29 is 9.53 Å². The zero-order valence-electron chi connectivity index (χ0n) is 18.7. The second kappa shape index (κ2) is 11.2. The molecule has 3 aromatic carbocycles. The maximum Gasteiger partial charge on any atom is 0.232 e. The third kappa shape index (κ3) is 5.95. The molecule has 4 heteroatoms. The Morgan fingerprint density at radius 2 is 1.72 bits per heavy atom. The summed E-state index contributed by atoms with van der Waals surface area (Å²) >= 11 is 1.65.